The van der Waals surface area contributed by atoms with E-state index in [4.69, 9.17) is 17.3 Å². The van der Waals surface area contributed by atoms with Gasteiger partial charge in [-0.15, -0.1) is 0 Å². The van der Waals surface area contributed by atoms with Gasteiger partial charge < -0.3 is 10.6 Å². The fourth-order valence-electron chi connectivity index (χ4n) is 2.32. The maximum absolute atomic E-state index is 6.04. The van der Waals surface area contributed by atoms with Crippen LogP contribution in [0.2, 0.25) is 5.02 Å². The van der Waals surface area contributed by atoms with Crippen LogP contribution in [0.4, 0.5) is 5.69 Å². The van der Waals surface area contributed by atoms with Crippen LogP contribution >= 0.6 is 11.6 Å². The minimum atomic E-state index is 0.588. The molecule has 4 heteroatoms. The minimum absolute atomic E-state index is 0.588. The summed E-state index contributed by atoms with van der Waals surface area (Å²) >= 11 is 6.04. The van der Waals surface area contributed by atoms with E-state index in [0.29, 0.717) is 16.8 Å². The third kappa shape index (κ3) is 3.12. The molecule has 0 bridgehead atoms. The summed E-state index contributed by atoms with van der Waals surface area (Å²) in [5.74, 6) is 0. The lowest BCUT2D eigenvalue weighted by Gasteiger charge is -2.38. The molecule has 0 aliphatic carbocycles. The Bertz CT molecular complexity index is 394. The number of anilines is 1. The van der Waals surface area contributed by atoms with Gasteiger partial charge in [0.15, 0.2) is 0 Å². The maximum atomic E-state index is 6.04. The lowest BCUT2D eigenvalue weighted by molar-refractivity contribution is 0.0938. The Hall–Kier alpha value is -0.770. The van der Waals surface area contributed by atoms with Crippen molar-refractivity contribution >= 4 is 17.3 Å². The van der Waals surface area contributed by atoms with Crippen LogP contribution in [0.1, 0.15) is 12.5 Å². The largest absolute Gasteiger partial charge is 0.398 e. The molecule has 1 saturated heterocycles. The predicted octanol–water partition coefficient (Wildman–Crippen LogP) is 2.06. The number of rotatable bonds is 2. The molecule has 0 aromatic heterocycles. The molecule has 1 atom stereocenters. The number of nitrogens with two attached hydrogens (primary N) is 1. The number of piperazine rings is 1. The molecule has 0 amide bonds. The van der Waals surface area contributed by atoms with Gasteiger partial charge in [-0.05, 0) is 31.7 Å². The Morgan fingerprint density at radius 1 is 1.41 bits per heavy atom. The van der Waals surface area contributed by atoms with Crippen LogP contribution in [0, 0.1) is 0 Å². The zero-order valence-electron chi connectivity index (χ0n) is 10.5. The van der Waals surface area contributed by atoms with Gasteiger partial charge in [0.05, 0.1) is 10.7 Å². The molecule has 1 aliphatic rings. The first-order valence-electron chi connectivity index (χ1n) is 6.03. The fourth-order valence-corrected chi connectivity index (χ4v) is 2.52. The Labute approximate surface area is 108 Å². The van der Waals surface area contributed by atoms with Crippen LogP contribution in [0.5, 0.6) is 0 Å². The molecule has 1 aliphatic heterocycles. The van der Waals surface area contributed by atoms with Gasteiger partial charge in [-0.1, -0.05) is 17.7 Å². The van der Waals surface area contributed by atoms with Crippen LogP contribution < -0.4 is 5.73 Å². The number of nitrogens with zero attached hydrogens (tertiary/aromatic N) is 2. The van der Waals surface area contributed by atoms with E-state index in [1.165, 1.54) is 5.56 Å². The molecule has 1 unspecified atom stereocenters. The van der Waals surface area contributed by atoms with Crippen LogP contribution in [0.15, 0.2) is 18.2 Å². The molecule has 2 N–H and O–H groups in total. The van der Waals surface area contributed by atoms with Gasteiger partial charge in [-0.3, -0.25) is 4.90 Å². The molecular formula is C13H20ClN3. The molecule has 0 radical (unpaired) electrons. The lowest BCUT2D eigenvalue weighted by Crippen LogP contribution is -2.49. The molecular weight excluding hydrogens is 234 g/mol. The summed E-state index contributed by atoms with van der Waals surface area (Å²) < 4.78 is 0. The zero-order chi connectivity index (χ0) is 12.4. The molecule has 94 valence electrons. The maximum Gasteiger partial charge on any atom is 0.0638 e. The standard InChI is InChI=1S/C13H20ClN3/c1-10-8-16(2)5-6-17(10)9-11-3-4-13(15)12(14)7-11/h3-4,7,10H,5-6,8-9,15H2,1-2H3. The summed E-state index contributed by atoms with van der Waals surface area (Å²) in [5, 5.41) is 0.657. The highest BCUT2D eigenvalue weighted by Crippen LogP contribution is 2.21. The Kier molecular flexibility index (Phi) is 3.92. The van der Waals surface area contributed by atoms with E-state index in [-0.39, 0.29) is 0 Å². The normalized spacial score (nSPS) is 22.9. The monoisotopic (exact) mass is 253 g/mol. The van der Waals surface area contributed by atoms with Crippen molar-refractivity contribution in [2.45, 2.75) is 19.5 Å². The van der Waals surface area contributed by atoms with E-state index in [0.717, 1.165) is 26.2 Å². The summed E-state index contributed by atoms with van der Waals surface area (Å²) in [5.41, 5.74) is 7.61. The average Bonchev–Trinajstić information content (AvgIpc) is 2.27. The van der Waals surface area contributed by atoms with E-state index < -0.39 is 0 Å². The topological polar surface area (TPSA) is 32.5 Å². The second-order valence-electron chi connectivity index (χ2n) is 4.94. The van der Waals surface area contributed by atoms with Crippen LogP contribution in [-0.4, -0.2) is 42.5 Å². The summed E-state index contributed by atoms with van der Waals surface area (Å²) in [6.45, 7) is 6.60. The van der Waals surface area contributed by atoms with Crippen LogP contribution in [-0.2, 0) is 6.54 Å². The molecule has 0 saturated carbocycles. The molecule has 1 aromatic rings. The molecule has 1 heterocycles. The van der Waals surface area contributed by atoms with Crippen molar-refractivity contribution in [3.8, 4) is 0 Å². The van der Waals surface area contributed by atoms with E-state index >= 15 is 0 Å². The average molecular weight is 254 g/mol. The number of halogens is 1. The summed E-state index contributed by atoms with van der Waals surface area (Å²) in [4.78, 5) is 4.86. The lowest BCUT2D eigenvalue weighted by atomic mass is 10.1. The molecule has 1 aromatic carbocycles. The minimum Gasteiger partial charge on any atom is -0.398 e. The number of nitrogen functional groups attached to an aromatic ring is 1. The number of hydrogen-bond donors (Lipinski definition) is 1. The van der Waals surface area contributed by atoms with Crippen molar-refractivity contribution in [1.82, 2.24) is 9.80 Å². The Balaban J connectivity index is 2.02. The van der Waals surface area contributed by atoms with Crippen molar-refractivity contribution in [2.75, 3.05) is 32.4 Å². The Morgan fingerprint density at radius 2 is 2.18 bits per heavy atom. The highest BCUT2D eigenvalue weighted by Gasteiger charge is 2.21. The highest BCUT2D eigenvalue weighted by atomic mass is 35.5. The van der Waals surface area contributed by atoms with Crippen molar-refractivity contribution in [1.29, 1.82) is 0 Å². The van der Waals surface area contributed by atoms with E-state index in [9.17, 15) is 0 Å². The summed E-state index contributed by atoms with van der Waals surface area (Å²) in [7, 11) is 2.17. The van der Waals surface area contributed by atoms with E-state index in [1.807, 2.05) is 12.1 Å². The van der Waals surface area contributed by atoms with Gasteiger partial charge in [0.2, 0.25) is 0 Å². The van der Waals surface area contributed by atoms with Crippen molar-refractivity contribution in [2.24, 2.45) is 0 Å². The zero-order valence-corrected chi connectivity index (χ0v) is 11.2. The van der Waals surface area contributed by atoms with Crippen molar-refractivity contribution in [3.05, 3.63) is 28.8 Å². The van der Waals surface area contributed by atoms with Gasteiger partial charge in [-0.2, -0.15) is 0 Å². The Morgan fingerprint density at radius 3 is 2.82 bits per heavy atom. The fraction of sp³-hybridized carbons (Fsp3) is 0.538. The third-order valence-corrected chi connectivity index (χ3v) is 3.75. The smallest absolute Gasteiger partial charge is 0.0638 e. The molecule has 3 nitrogen and oxygen atoms in total. The number of likely N-dealkylation sites (N-methyl/N-ethyl adjacent to an activating group) is 1. The van der Waals surface area contributed by atoms with Gasteiger partial charge in [0.1, 0.15) is 0 Å². The van der Waals surface area contributed by atoms with E-state index in [2.05, 4.69) is 29.8 Å². The molecule has 17 heavy (non-hydrogen) atoms. The summed E-state index contributed by atoms with van der Waals surface area (Å²) in [6.07, 6.45) is 0. The molecule has 1 fully saturated rings. The van der Waals surface area contributed by atoms with Crippen LogP contribution in [0.25, 0.3) is 0 Å². The van der Waals surface area contributed by atoms with Gasteiger partial charge in [-0.25, -0.2) is 0 Å². The van der Waals surface area contributed by atoms with Crippen molar-refractivity contribution < 1.29 is 0 Å². The molecule has 2 rings (SSSR count). The van der Waals surface area contributed by atoms with Gasteiger partial charge in [0.25, 0.3) is 0 Å². The number of benzene rings is 1. The first-order chi connectivity index (χ1) is 8.06. The first-order valence-corrected chi connectivity index (χ1v) is 6.40. The van der Waals surface area contributed by atoms with E-state index in [1.54, 1.807) is 0 Å². The number of hydrogen-bond acceptors (Lipinski definition) is 3. The van der Waals surface area contributed by atoms with Crippen LogP contribution in [0.3, 0.4) is 0 Å². The van der Waals surface area contributed by atoms with Crippen molar-refractivity contribution in [3.63, 3.8) is 0 Å². The SMILES string of the molecule is CC1CN(C)CCN1Cc1ccc(N)c(Cl)c1. The second-order valence-corrected chi connectivity index (χ2v) is 5.34. The predicted molar refractivity (Wildman–Crippen MR) is 73.2 cm³/mol. The highest BCUT2D eigenvalue weighted by molar-refractivity contribution is 6.33. The summed E-state index contributed by atoms with van der Waals surface area (Å²) in [6, 6.07) is 6.51. The molecule has 0 spiro atoms. The third-order valence-electron chi connectivity index (χ3n) is 3.42. The second kappa shape index (κ2) is 5.25. The van der Waals surface area contributed by atoms with Gasteiger partial charge >= 0.3 is 0 Å². The first kappa shape index (κ1) is 12.7. The quantitative estimate of drug-likeness (QED) is 0.819. The van der Waals surface area contributed by atoms with Gasteiger partial charge in [0, 0.05) is 32.2 Å².